The molecule has 0 aromatic rings. The van der Waals surface area contributed by atoms with Crippen molar-refractivity contribution in [3.8, 4) is 0 Å². The lowest BCUT2D eigenvalue weighted by Crippen LogP contribution is -2.69. The molecule has 1 aliphatic heterocycles. The Balaban J connectivity index is 3.32. The molecule has 0 N–H and O–H groups in total. The number of rotatable bonds is 2. The maximum absolute atomic E-state index is 13.7. The summed E-state index contributed by atoms with van der Waals surface area (Å²) in [6.07, 6.45) is -9.10. The zero-order chi connectivity index (χ0) is 14.6. The molecule has 9 heteroatoms. The molecule has 0 bridgehead atoms. The van der Waals surface area contributed by atoms with E-state index in [0.29, 0.717) is 0 Å². The molecule has 1 fully saturated rings. The van der Waals surface area contributed by atoms with Gasteiger partial charge in [0.2, 0.25) is 0 Å². The molecular formula is C9H10F8O. The van der Waals surface area contributed by atoms with Gasteiger partial charge in [0.1, 0.15) is 0 Å². The van der Waals surface area contributed by atoms with E-state index in [2.05, 4.69) is 4.74 Å². The summed E-state index contributed by atoms with van der Waals surface area (Å²) in [6, 6.07) is 0. The highest BCUT2D eigenvalue weighted by Gasteiger charge is 2.80. The molecule has 0 saturated carbocycles. The van der Waals surface area contributed by atoms with Gasteiger partial charge in [-0.3, -0.25) is 4.74 Å². The fourth-order valence-corrected chi connectivity index (χ4v) is 1.63. The van der Waals surface area contributed by atoms with E-state index in [1.54, 1.807) is 0 Å². The van der Waals surface area contributed by atoms with Gasteiger partial charge in [0.05, 0.1) is 6.42 Å². The third-order valence-electron chi connectivity index (χ3n) is 2.94. The van der Waals surface area contributed by atoms with Crippen molar-refractivity contribution < 1.29 is 39.9 Å². The summed E-state index contributed by atoms with van der Waals surface area (Å²) in [5.74, 6) is -14.4. The van der Waals surface area contributed by atoms with Gasteiger partial charge >= 0.3 is 18.0 Å². The summed E-state index contributed by atoms with van der Waals surface area (Å²) in [5, 5.41) is 0. The van der Waals surface area contributed by atoms with Gasteiger partial charge in [0.25, 0.3) is 5.85 Å². The van der Waals surface area contributed by atoms with Gasteiger partial charge in [0, 0.05) is 6.92 Å². The first kappa shape index (κ1) is 15.5. The second-order valence-electron chi connectivity index (χ2n) is 4.31. The summed E-state index contributed by atoms with van der Waals surface area (Å²) in [4.78, 5) is 0. The first-order valence-corrected chi connectivity index (χ1v) is 4.94. The zero-order valence-electron chi connectivity index (χ0n) is 9.35. The van der Waals surface area contributed by atoms with Crippen molar-refractivity contribution in [1.29, 1.82) is 0 Å². The fourth-order valence-electron chi connectivity index (χ4n) is 1.63. The fraction of sp³-hybridized carbons (Fsp3) is 1.00. The van der Waals surface area contributed by atoms with Gasteiger partial charge in [-0.1, -0.05) is 6.92 Å². The van der Waals surface area contributed by atoms with E-state index in [9.17, 15) is 35.1 Å². The minimum absolute atomic E-state index is 0.150. The smallest absolute Gasteiger partial charge is 0.272 e. The van der Waals surface area contributed by atoms with Crippen molar-refractivity contribution in [2.45, 2.75) is 56.2 Å². The van der Waals surface area contributed by atoms with E-state index in [-0.39, 0.29) is 6.92 Å². The van der Waals surface area contributed by atoms with Crippen LogP contribution in [0.2, 0.25) is 0 Å². The first-order valence-electron chi connectivity index (χ1n) is 4.94. The van der Waals surface area contributed by atoms with E-state index in [1.165, 1.54) is 0 Å². The van der Waals surface area contributed by atoms with E-state index in [0.717, 1.165) is 6.92 Å². The summed E-state index contributed by atoms with van der Waals surface area (Å²) >= 11 is 0. The third-order valence-corrected chi connectivity index (χ3v) is 2.94. The van der Waals surface area contributed by atoms with Crippen molar-refractivity contribution in [2.75, 3.05) is 0 Å². The minimum atomic E-state index is -5.66. The van der Waals surface area contributed by atoms with Crippen LogP contribution in [0.5, 0.6) is 0 Å². The van der Waals surface area contributed by atoms with E-state index < -0.39 is 42.3 Å². The van der Waals surface area contributed by atoms with E-state index in [4.69, 9.17) is 0 Å². The molecule has 2 unspecified atom stereocenters. The second-order valence-corrected chi connectivity index (χ2v) is 4.31. The van der Waals surface area contributed by atoms with Crippen LogP contribution in [0.1, 0.15) is 26.7 Å². The molecule has 0 aliphatic carbocycles. The van der Waals surface area contributed by atoms with Gasteiger partial charge in [-0.2, -0.15) is 17.6 Å². The molecule has 0 aromatic heterocycles. The van der Waals surface area contributed by atoms with Crippen LogP contribution in [0.25, 0.3) is 0 Å². The van der Waals surface area contributed by atoms with Crippen LogP contribution in [-0.2, 0) is 4.74 Å². The molecule has 1 aliphatic rings. The van der Waals surface area contributed by atoms with Crippen LogP contribution in [0.3, 0.4) is 0 Å². The predicted octanol–water partition coefficient (Wildman–Crippen LogP) is 4.07. The Bertz CT molecular complexity index is 336. The Hall–Kier alpha value is -0.600. The molecule has 0 aromatic carbocycles. The van der Waals surface area contributed by atoms with Gasteiger partial charge < -0.3 is 0 Å². The lowest BCUT2D eigenvalue weighted by atomic mass is 9.82. The third kappa shape index (κ3) is 1.86. The molecule has 0 radical (unpaired) electrons. The summed E-state index contributed by atoms with van der Waals surface area (Å²) in [5.41, 5.74) is -4.12. The van der Waals surface area contributed by atoms with Crippen LogP contribution in [0.15, 0.2) is 0 Å². The van der Waals surface area contributed by atoms with Crippen molar-refractivity contribution in [2.24, 2.45) is 0 Å². The number of hydrogen-bond acceptors (Lipinski definition) is 1. The lowest BCUT2D eigenvalue weighted by Gasteiger charge is -2.48. The molecule has 1 saturated heterocycles. The van der Waals surface area contributed by atoms with Gasteiger partial charge in [-0.05, 0) is 6.42 Å². The maximum atomic E-state index is 13.7. The number of ether oxygens (including phenoxy) is 1. The first-order chi connectivity index (χ1) is 7.72. The zero-order valence-corrected chi connectivity index (χ0v) is 9.35. The standard InChI is InChI=1S/C9H10F8O/c1-3-6(12)4-7(13,5(2,10)11)18-9(16,17)8(6,14)15/h3-4H2,1-2H3. The van der Waals surface area contributed by atoms with Gasteiger partial charge in [-0.25, -0.2) is 17.6 Å². The van der Waals surface area contributed by atoms with E-state index in [1.807, 2.05) is 0 Å². The molecule has 1 nitrogen and oxygen atoms in total. The lowest BCUT2D eigenvalue weighted by molar-refractivity contribution is -0.485. The quantitative estimate of drug-likeness (QED) is 0.695. The van der Waals surface area contributed by atoms with Crippen LogP contribution in [-0.4, -0.2) is 29.5 Å². The average molecular weight is 286 g/mol. The molecular weight excluding hydrogens is 276 g/mol. The van der Waals surface area contributed by atoms with Crippen LogP contribution < -0.4 is 0 Å². The molecule has 2 atom stereocenters. The molecule has 1 rings (SSSR count). The topological polar surface area (TPSA) is 9.23 Å². The van der Waals surface area contributed by atoms with Crippen LogP contribution in [0, 0.1) is 0 Å². The average Bonchev–Trinajstić information content (AvgIpc) is 2.12. The van der Waals surface area contributed by atoms with Crippen molar-refractivity contribution in [3.05, 3.63) is 0 Å². The molecule has 108 valence electrons. The number of hydrogen-bond donors (Lipinski definition) is 0. The number of halogens is 8. The van der Waals surface area contributed by atoms with E-state index >= 15 is 0 Å². The molecule has 1 heterocycles. The summed E-state index contributed by atoms with van der Waals surface area (Å²) in [6.45, 7) is 0.576. The van der Waals surface area contributed by atoms with Crippen LogP contribution >= 0.6 is 0 Å². The Morgan fingerprint density at radius 2 is 1.50 bits per heavy atom. The molecule has 0 spiro atoms. The number of alkyl halides is 8. The largest absolute Gasteiger partial charge is 0.425 e. The monoisotopic (exact) mass is 286 g/mol. The Morgan fingerprint density at radius 3 is 1.83 bits per heavy atom. The predicted molar refractivity (Wildman–Crippen MR) is 44.2 cm³/mol. The highest BCUT2D eigenvalue weighted by Crippen LogP contribution is 2.59. The summed E-state index contributed by atoms with van der Waals surface area (Å²) < 4.78 is 108. The van der Waals surface area contributed by atoms with Crippen LogP contribution in [0.4, 0.5) is 35.1 Å². The molecule has 0 amide bonds. The Kier molecular flexibility index (Phi) is 3.18. The van der Waals surface area contributed by atoms with Crippen molar-refractivity contribution >= 4 is 0 Å². The van der Waals surface area contributed by atoms with Gasteiger partial charge in [0.15, 0.2) is 5.67 Å². The van der Waals surface area contributed by atoms with Gasteiger partial charge in [-0.15, -0.1) is 0 Å². The SMILES string of the molecule is CCC1(F)CC(F)(C(C)(F)F)OC(F)(F)C1(F)F. The highest BCUT2D eigenvalue weighted by atomic mass is 19.3. The van der Waals surface area contributed by atoms with Crippen molar-refractivity contribution in [3.63, 3.8) is 0 Å². The Labute approximate surface area is 97.1 Å². The Morgan fingerprint density at radius 1 is 1.06 bits per heavy atom. The second kappa shape index (κ2) is 3.71. The molecule has 18 heavy (non-hydrogen) atoms. The van der Waals surface area contributed by atoms with Crippen molar-refractivity contribution in [1.82, 2.24) is 0 Å². The highest BCUT2D eigenvalue weighted by molar-refractivity contribution is 5.08. The maximum Gasteiger partial charge on any atom is 0.425 e. The summed E-state index contributed by atoms with van der Waals surface area (Å²) in [7, 11) is 0. The minimum Gasteiger partial charge on any atom is -0.272 e. The normalized spacial score (nSPS) is 39.7.